The third-order valence-corrected chi connectivity index (χ3v) is 10.6. The second-order valence-corrected chi connectivity index (χ2v) is 12.3. The number of esters is 2. The van der Waals surface area contributed by atoms with Crippen LogP contribution in [0.3, 0.4) is 0 Å². The molecule has 8 nitrogen and oxygen atoms in total. The van der Waals surface area contributed by atoms with Crippen LogP contribution in [-0.2, 0) is 30.3 Å². The zero-order valence-electron chi connectivity index (χ0n) is 22.9. The molecule has 3 saturated carbocycles. The molecule has 3 fully saturated rings. The summed E-state index contributed by atoms with van der Waals surface area (Å²) >= 11 is 0. The third kappa shape index (κ3) is 3.36. The fourth-order valence-electron chi connectivity index (χ4n) is 8.76. The van der Waals surface area contributed by atoms with E-state index in [1.807, 2.05) is 26.8 Å². The maximum atomic E-state index is 17.8. The normalized spacial score (nSPS) is 41.2. The number of carbonyl (C=O) groups excluding carboxylic acids is 3. The summed E-state index contributed by atoms with van der Waals surface area (Å²) in [5.41, 5.74) is -2.73. The molecule has 2 N–H and O–H groups in total. The number of nitrogens with zero attached hydrogens (tertiary/aromatic N) is 1. The molecule has 4 aliphatic carbocycles. The van der Waals surface area contributed by atoms with E-state index in [0.717, 1.165) is 16.8 Å². The van der Waals surface area contributed by atoms with E-state index in [1.165, 1.54) is 0 Å². The smallest absolute Gasteiger partial charge is 0.306 e. The monoisotopic (exact) mass is 530 g/mol. The molecule has 38 heavy (non-hydrogen) atoms. The van der Waals surface area contributed by atoms with Crippen LogP contribution >= 0.6 is 0 Å². The number of hydrogen-bond acceptors (Lipinski definition) is 7. The molecule has 1 unspecified atom stereocenters. The molecule has 1 aromatic heterocycles. The fourth-order valence-corrected chi connectivity index (χ4v) is 8.76. The molecule has 208 valence electrons. The molecule has 8 atom stereocenters. The van der Waals surface area contributed by atoms with Gasteiger partial charge in [-0.25, -0.2) is 4.39 Å². The van der Waals surface area contributed by atoms with E-state index in [-0.39, 0.29) is 25.2 Å². The van der Waals surface area contributed by atoms with Crippen LogP contribution in [0.25, 0.3) is 6.08 Å². The summed E-state index contributed by atoms with van der Waals surface area (Å²) in [5.74, 6) is -2.86. The minimum absolute atomic E-state index is 0.0411. The van der Waals surface area contributed by atoms with Gasteiger partial charge in [0.25, 0.3) is 0 Å². The van der Waals surface area contributed by atoms with Crippen molar-refractivity contribution < 1.29 is 33.4 Å². The second kappa shape index (κ2) is 9.00. The number of ketones is 1. The highest BCUT2D eigenvalue weighted by molar-refractivity contribution is 5.93. The lowest BCUT2D eigenvalue weighted by atomic mass is 9.43. The number of Topliss-reactive ketones (excluding diaryl/α,β-unsaturated/α-hetero) is 1. The lowest BCUT2D eigenvalue weighted by Gasteiger charge is -2.63. The summed E-state index contributed by atoms with van der Waals surface area (Å²) in [6.45, 7) is 8.39. The van der Waals surface area contributed by atoms with E-state index in [4.69, 9.17) is 9.47 Å². The maximum Gasteiger partial charge on any atom is 0.306 e. The summed E-state index contributed by atoms with van der Waals surface area (Å²) in [5, 5.41) is 18.9. The van der Waals surface area contributed by atoms with Crippen molar-refractivity contribution in [3.63, 3.8) is 0 Å². The number of aliphatic hydroxyl groups is 1. The van der Waals surface area contributed by atoms with E-state index < -0.39 is 64.4 Å². The van der Waals surface area contributed by atoms with Gasteiger partial charge in [-0.3, -0.25) is 19.5 Å². The molecule has 9 heteroatoms. The van der Waals surface area contributed by atoms with Crippen molar-refractivity contribution in [3.05, 3.63) is 23.0 Å². The van der Waals surface area contributed by atoms with Gasteiger partial charge in [-0.2, -0.15) is 5.10 Å². The largest absolute Gasteiger partial charge is 0.457 e. The number of rotatable bonds is 6. The molecule has 5 rings (SSSR count). The predicted octanol–water partition coefficient (Wildman–Crippen LogP) is 4.12. The Balaban J connectivity index is 1.58. The Morgan fingerprint density at radius 1 is 1.18 bits per heavy atom. The minimum atomic E-state index is -1.93. The Bertz CT molecular complexity index is 1200. The average molecular weight is 531 g/mol. The summed E-state index contributed by atoms with van der Waals surface area (Å²) in [6.07, 6.45) is 4.55. The number of carbonyl (C=O) groups is 3. The molecule has 0 spiro atoms. The number of alkyl halides is 1. The molecule has 0 bridgehead atoms. The summed E-state index contributed by atoms with van der Waals surface area (Å²) in [6, 6.07) is 0. The summed E-state index contributed by atoms with van der Waals surface area (Å²) in [4.78, 5) is 38.6. The zero-order chi connectivity index (χ0) is 27.7. The number of H-pyrrole nitrogens is 1. The van der Waals surface area contributed by atoms with Crippen molar-refractivity contribution in [2.75, 3.05) is 6.61 Å². The Labute approximate surface area is 222 Å². The summed E-state index contributed by atoms with van der Waals surface area (Å²) in [7, 11) is 0. The highest BCUT2D eigenvalue weighted by Crippen LogP contribution is 2.71. The molecule has 1 heterocycles. The quantitative estimate of drug-likeness (QED) is 0.531. The Morgan fingerprint density at radius 3 is 2.58 bits per heavy atom. The van der Waals surface area contributed by atoms with Gasteiger partial charge >= 0.3 is 11.9 Å². The zero-order valence-corrected chi connectivity index (χ0v) is 22.9. The Morgan fingerprint density at radius 2 is 1.89 bits per heavy atom. The third-order valence-electron chi connectivity index (χ3n) is 10.6. The van der Waals surface area contributed by atoms with E-state index in [1.54, 1.807) is 20.0 Å². The average Bonchev–Trinajstić information content (AvgIpc) is 3.41. The molecule has 4 aliphatic rings. The van der Waals surface area contributed by atoms with Gasteiger partial charge in [0.05, 0.1) is 18.0 Å². The SMILES string of the molecule is CCC(=O)OCC(=O)C1(OC(=O)CC)[C@@H](C)C[C@H]2[C@@H]3CCC4=Cc5[nH]ncc5C[C@]4(C)[C@@]3(F)[C@@H](O)C[C@@]21C. The van der Waals surface area contributed by atoms with Gasteiger partial charge < -0.3 is 14.6 Å². The minimum Gasteiger partial charge on any atom is -0.457 e. The number of aromatic nitrogens is 2. The van der Waals surface area contributed by atoms with Crippen LogP contribution in [0.1, 0.15) is 84.4 Å². The number of aliphatic hydroxyl groups excluding tert-OH is 1. The van der Waals surface area contributed by atoms with Crippen molar-refractivity contribution in [1.29, 1.82) is 0 Å². The van der Waals surface area contributed by atoms with Crippen LogP contribution in [0.15, 0.2) is 11.8 Å². The Hall–Kier alpha value is -2.55. The first-order valence-electron chi connectivity index (χ1n) is 13.9. The molecule has 1 aromatic rings. The molecule has 0 amide bonds. The lowest BCUT2D eigenvalue weighted by Crippen LogP contribution is -2.70. The number of ether oxygens (including phenoxy) is 2. The standard InChI is InChI=1S/C29H39FN2O6/c1-6-24(35)37-15-23(34)29(38-25(36)7-2)16(3)10-20-19-9-8-18-11-21-17(14-31-32-21)12-26(18,4)28(19,30)22(33)13-27(20,29)5/h11,14,16,19-20,22,33H,6-10,12-13,15H2,1-5H3,(H,31,32)/t16-,19-,20-,22-,26-,27-,28-,29?/m0/s1. The van der Waals surface area contributed by atoms with Crippen LogP contribution in [0.4, 0.5) is 4.39 Å². The molecular weight excluding hydrogens is 491 g/mol. The van der Waals surface area contributed by atoms with Crippen molar-refractivity contribution >= 4 is 23.8 Å². The van der Waals surface area contributed by atoms with Crippen molar-refractivity contribution in [2.24, 2.45) is 28.6 Å². The van der Waals surface area contributed by atoms with Crippen molar-refractivity contribution in [3.8, 4) is 0 Å². The number of nitrogens with one attached hydrogen (secondary N) is 1. The second-order valence-electron chi connectivity index (χ2n) is 12.3. The van der Waals surface area contributed by atoms with Gasteiger partial charge in [-0.1, -0.05) is 40.2 Å². The van der Waals surface area contributed by atoms with Crippen LogP contribution in [0, 0.1) is 28.6 Å². The van der Waals surface area contributed by atoms with Crippen LogP contribution in [0.2, 0.25) is 0 Å². The van der Waals surface area contributed by atoms with Gasteiger partial charge in [0.1, 0.15) is 5.67 Å². The number of aromatic amines is 1. The number of hydrogen-bond donors (Lipinski definition) is 2. The molecular formula is C29H39FN2O6. The maximum absolute atomic E-state index is 17.8. The highest BCUT2D eigenvalue weighted by atomic mass is 19.1. The van der Waals surface area contributed by atoms with Gasteiger partial charge in [0.15, 0.2) is 12.2 Å². The molecule has 0 saturated heterocycles. The number of halogens is 1. The van der Waals surface area contributed by atoms with Gasteiger partial charge in [0, 0.05) is 35.5 Å². The number of allylic oxidation sites excluding steroid dienone is 1. The van der Waals surface area contributed by atoms with Gasteiger partial charge in [-0.15, -0.1) is 0 Å². The van der Waals surface area contributed by atoms with E-state index >= 15 is 4.39 Å². The number of fused-ring (bicyclic) bond motifs is 6. The molecule has 0 radical (unpaired) electrons. The predicted molar refractivity (Wildman–Crippen MR) is 136 cm³/mol. The van der Waals surface area contributed by atoms with Crippen LogP contribution in [0.5, 0.6) is 0 Å². The Kier molecular flexibility index (Phi) is 6.40. The van der Waals surface area contributed by atoms with Gasteiger partial charge in [-0.05, 0) is 49.7 Å². The van der Waals surface area contributed by atoms with E-state index in [0.29, 0.717) is 25.7 Å². The van der Waals surface area contributed by atoms with Crippen LogP contribution in [-0.4, -0.2) is 57.0 Å². The molecule has 0 aromatic carbocycles. The molecule has 0 aliphatic heterocycles. The van der Waals surface area contributed by atoms with Crippen molar-refractivity contribution in [1.82, 2.24) is 10.2 Å². The highest BCUT2D eigenvalue weighted by Gasteiger charge is 2.77. The first-order valence-corrected chi connectivity index (χ1v) is 13.9. The summed E-state index contributed by atoms with van der Waals surface area (Å²) < 4.78 is 29.0. The van der Waals surface area contributed by atoms with Crippen LogP contribution < -0.4 is 0 Å². The first kappa shape index (κ1) is 27.0. The first-order chi connectivity index (χ1) is 17.9. The fraction of sp³-hybridized carbons (Fsp3) is 0.724. The van der Waals surface area contributed by atoms with Crippen molar-refractivity contribution in [2.45, 2.75) is 96.9 Å². The van der Waals surface area contributed by atoms with E-state index in [2.05, 4.69) is 10.2 Å². The van der Waals surface area contributed by atoms with Gasteiger partial charge in [0.2, 0.25) is 5.78 Å². The van der Waals surface area contributed by atoms with E-state index in [9.17, 15) is 19.5 Å². The topological polar surface area (TPSA) is 119 Å². The lowest BCUT2D eigenvalue weighted by molar-refractivity contribution is -0.234.